The third-order valence-electron chi connectivity index (χ3n) is 9.91. The van der Waals surface area contributed by atoms with Crippen LogP contribution in [0.1, 0.15) is 0 Å². The van der Waals surface area contributed by atoms with Crippen LogP contribution >= 0.6 is 11.3 Å². The van der Waals surface area contributed by atoms with Crippen molar-refractivity contribution in [3.63, 3.8) is 0 Å². The molecule has 0 atom stereocenters. The summed E-state index contributed by atoms with van der Waals surface area (Å²) in [4.78, 5) is 0. The molecule has 50 heavy (non-hydrogen) atoms. The molecule has 2 heteroatoms. The molecule has 0 saturated heterocycles. The van der Waals surface area contributed by atoms with Crippen molar-refractivity contribution in [2.75, 3.05) is 0 Å². The van der Waals surface area contributed by atoms with Crippen LogP contribution in [0.5, 0.6) is 0 Å². The van der Waals surface area contributed by atoms with Crippen molar-refractivity contribution in [2.45, 2.75) is 0 Å². The summed E-state index contributed by atoms with van der Waals surface area (Å²) in [5.41, 5.74) is 13.9. The quantitative estimate of drug-likeness (QED) is 0.180. The molecule has 0 aliphatic rings. The van der Waals surface area contributed by atoms with Crippen molar-refractivity contribution in [1.29, 1.82) is 0 Å². The zero-order chi connectivity index (χ0) is 33.0. The van der Waals surface area contributed by atoms with Crippen molar-refractivity contribution < 1.29 is 4.42 Å². The number of hydrogen-bond donors (Lipinski definition) is 0. The van der Waals surface area contributed by atoms with E-state index in [-0.39, 0.29) is 0 Å². The lowest BCUT2D eigenvalue weighted by atomic mass is 9.87. The molecule has 0 bridgehead atoms. The summed E-state index contributed by atoms with van der Waals surface area (Å²) in [6.45, 7) is 0. The van der Waals surface area contributed by atoms with E-state index in [1.807, 2.05) is 17.4 Å². The molecule has 0 radical (unpaired) electrons. The van der Waals surface area contributed by atoms with E-state index >= 15 is 0 Å². The number of fused-ring (bicyclic) bond motifs is 6. The van der Waals surface area contributed by atoms with Crippen LogP contribution in [-0.2, 0) is 0 Å². The van der Waals surface area contributed by atoms with Gasteiger partial charge in [-0.25, -0.2) is 0 Å². The maximum Gasteiger partial charge on any atom is 0.143 e. The van der Waals surface area contributed by atoms with Crippen molar-refractivity contribution in [3.05, 3.63) is 182 Å². The zero-order valence-corrected chi connectivity index (χ0v) is 28.0. The topological polar surface area (TPSA) is 13.1 Å². The Bertz CT molecular complexity index is 2780. The lowest BCUT2D eigenvalue weighted by Gasteiger charge is -2.17. The minimum atomic E-state index is 0.915. The smallest absolute Gasteiger partial charge is 0.143 e. The highest BCUT2D eigenvalue weighted by Crippen LogP contribution is 2.46. The predicted molar refractivity (Wildman–Crippen MR) is 214 cm³/mol. The predicted octanol–water partition coefficient (Wildman–Crippen LogP) is 14.3. The van der Waals surface area contributed by atoms with Gasteiger partial charge in [0.1, 0.15) is 11.2 Å². The van der Waals surface area contributed by atoms with Crippen LogP contribution in [0, 0.1) is 0 Å². The standard InChI is InChI=1S/C48H30OS/c1-3-13-31(14-4-1)36-19-11-20-37(32-15-5-2-6-16-32)46(36)34-27-25-33(26-28-34)42-29-35(30-43-40-18-8-10-24-45(40)50-48(42)43)38-21-12-22-41-39-17-7-9-23-44(39)49-47(38)41/h1-30H. The summed E-state index contributed by atoms with van der Waals surface area (Å²) in [5.74, 6) is 0. The van der Waals surface area contributed by atoms with Crippen molar-refractivity contribution in [2.24, 2.45) is 0 Å². The van der Waals surface area contributed by atoms with Gasteiger partial charge in [0.2, 0.25) is 0 Å². The summed E-state index contributed by atoms with van der Waals surface area (Å²) >= 11 is 1.87. The molecular weight excluding hydrogens is 625 g/mol. The summed E-state index contributed by atoms with van der Waals surface area (Å²) in [5, 5.41) is 4.85. The van der Waals surface area contributed by atoms with Crippen LogP contribution in [-0.4, -0.2) is 0 Å². The van der Waals surface area contributed by atoms with Crippen LogP contribution < -0.4 is 0 Å². The molecule has 0 aliphatic heterocycles. The van der Waals surface area contributed by atoms with Gasteiger partial charge < -0.3 is 4.42 Å². The van der Waals surface area contributed by atoms with E-state index in [0.717, 1.165) is 33.1 Å². The maximum atomic E-state index is 6.53. The lowest BCUT2D eigenvalue weighted by Crippen LogP contribution is -1.91. The van der Waals surface area contributed by atoms with Crippen LogP contribution in [0.4, 0.5) is 0 Å². The molecule has 0 saturated carbocycles. The first kappa shape index (κ1) is 28.8. The van der Waals surface area contributed by atoms with Gasteiger partial charge in [0.15, 0.2) is 0 Å². The highest BCUT2D eigenvalue weighted by atomic mass is 32.1. The molecule has 0 unspecified atom stereocenters. The minimum Gasteiger partial charge on any atom is -0.455 e. The third-order valence-corrected chi connectivity index (χ3v) is 11.1. The first-order chi connectivity index (χ1) is 24.8. The zero-order valence-electron chi connectivity index (χ0n) is 27.1. The van der Waals surface area contributed by atoms with Crippen molar-refractivity contribution >= 4 is 53.4 Å². The van der Waals surface area contributed by atoms with Gasteiger partial charge in [0.05, 0.1) is 0 Å². The molecular formula is C48H30OS. The fraction of sp³-hybridized carbons (Fsp3) is 0. The van der Waals surface area contributed by atoms with Gasteiger partial charge in [-0.15, -0.1) is 11.3 Å². The number of thiophene rings is 1. The Morgan fingerprint density at radius 3 is 1.64 bits per heavy atom. The third kappa shape index (κ3) is 4.69. The van der Waals surface area contributed by atoms with Crippen LogP contribution in [0.15, 0.2) is 186 Å². The maximum absolute atomic E-state index is 6.53. The summed E-state index contributed by atoms with van der Waals surface area (Å²) in [7, 11) is 0. The summed E-state index contributed by atoms with van der Waals surface area (Å²) in [6.07, 6.45) is 0. The number of furan rings is 1. The fourth-order valence-corrected chi connectivity index (χ4v) is 8.79. The van der Waals surface area contributed by atoms with E-state index in [9.17, 15) is 0 Å². The average molecular weight is 655 g/mol. The van der Waals surface area contributed by atoms with Crippen molar-refractivity contribution in [1.82, 2.24) is 0 Å². The lowest BCUT2D eigenvalue weighted by molar-refractivity contribution is 0.670. The number of benzene rings is 8. The minimum absolute atomic E-state index is 0.915. The van der Waals surface area contributed by atoms with Gasteiger partial charge in [-0.1, -0.05) is 158 Å². The highest BCUT2D eigenvalue weighted by molar-refractivity contribution is 7.26. The van der Waals surface area contributed by atoms with E-state index in [1.165, 1.54) is 64.7 Å². The molecule has 0 N–H and O–H groups in total. The van der Waals surface area contributed by atoms with Gasteiger partial charge in [-0.2, -0.15) is 0 Å². The monoisotopic (exact) mass is 654 g/mol. The van der Waals surface area contributed by atoms with Crippen LogP contribution in [0.25, 0.3) is 97.7 Å². The SMILES string of the molecule is c1ccc(-c2cccc(-c3ccccc3)c2-c2ccc(-c3cc(-c4cccc5c4oc4ccccc45)cc4c3sc3ccccc34)cc2)cc1. The first-order valence-electron chi connectivity index (χ1n) is 17.0. The summed E-state index contributed by atoms with van der Waals surface area (Å²) in [6, 6.07) is 65.6. The molecule has 0 spiro atoms. The molecule has 0 aliphatic carbocycles. The second kappa shape index (κ2) is 11.7. The van der Waals surface area contributed by atoms with E-state index in [0.29, 0.717) is 0 Å². The van der Waals surface area contributed by atoms with Crippen LogP contribution in [0.3, 0.4) is 0 Å². The molecule has 10 aromatic rings. The van der Waals surface area contributed by atoms with Gasteiger partial charge in [0.25, 0.3) is 0 Å². The van der Waals surface area contributed by atoms with E-state index < -0.39 is 0 Å². The Hall–Kier alpha value is -6.22. The largest absolute Gasteiger partial charge is 0.455 e. The Morgan fingerprint density at radius 1 is 0.340 bits per heavy atom. The molecule has 10 rings (SSSR count). The number of hydrogen-bond acceptors (Lipinski definition) is 2. The Balaban J connectivity index is 1.18. The summed E-state index contributed by atoms with van der Waals surface area (Å²) < 4.78 is 9.12. The Kier molecular flexibility index (Phi) is 6.75. The van der Waals surface area contributed by atoms with E-state index in [2.05, 4.69) is 176 Å². The van der Waals surface area contributed by atoms with E-state index in [4.69, 9.17) is 4.42 Å². The van der Waals surface area contributed by atoms with Gasteiger partial charge in [0, 0.05) is 42.1 Å². The molecule has 0 amide bonds. The van der Waals surface area contributed by atoms with E-state index in [1.54, 1.807) is 0 Å². The first-order valence-corrected chi connectivity index (χ1v) is 17.8. The Labute approximate surface area is 294 Å². The number of rotatable bonds is 5. The molecule has 234 valence electrons. The number of para-hydroxylation sites is 2. The van der Waals surface area contributed by atoms with Gasteiger partial charge >= 0.3 is 0 Å². The second-order valence-corrected chi connectivity index (χ2v) is 13.9. The Morgan fingerprint density at radius 2 is 0.900 bits per heavy atom. The average Bonchev–Trinajstić information content (AvgIpc) is 3.77. The van der Waals surface area contributed by atoms with Crippen molar-refractivity contribution in [3.8, 4) is 55.6 Å². The highest BCUT2D eigenvalue weighted by Gasteiger charge is 2.18. The molecule has 2 heterocycles. The second-order valence-electron chi connectivity index (χ2n) is 12.8. The fourth-order valence-electron chi connectivity index (χ4n) is 7.57. The van der Waals surface area contributed by atoms with Gasteiger partial charge in [-0.3, -0.25) is 0 Å². The normalized spacial score (nSPS) is 11.6. The molecule has 0 fully saturated rings. The molecule has 2 aromatic heterocycles. The molecule has 1 nitrogen and oxygen atoms in total. The molecule has 8 aromatic carbocycles. The van der Waals surface area contributed by atoms with Crippen LogP contribution in [0.2, 0.25) is 0 Å². The van der Waals surface area contributed by atoms with Gasteiger partial charge in [-0.05, 0) is 68.8 Å².